The summed E-state index contributed by atoms with van der Waals surface area (Å²) in [5.74, 6) is -5.80. The summed E-state index contributed by atoms with van der Waals surface area (Å²) in [5.41, 5.74) is 2.54. The number of esters is 3. The van der Waals surface area contributed by atoms with Crippen molar-refractivity contribution in [1.29, 1.82) is 15.8 Å². The third kappa shape index (κ3) is 24.2. The standard InChI is InChI=1S/C28H33FN6O6S.C28H34N6O6S.C26H29FN6O6S/c1-18(2)41-28(38)23-15-20(16-30)26(31-24(23)17-35-12-4-5-25(35)36)34-13-10-19(11-14-34)27(37)32-42(39,40)33(3)22-8-6-21(29)7-9-22;1-19(2)40-28(37)23-16-21(17-29)26(30-24(23)18-34-13-7-10-25(34)35)33-14-11-20(12-15-33)27(36)31-41(38,39)32(3)22-8-5-4-6-9-22;1-2-39-26(36)21-14-18(15-28)24(29-22(21)16-33-11-3-4-23(33)34)32-12-9-17(10-13-32)25(35)31-40(37,38)30-20-7-5-19(27)6-8-20/h6-9,15,18-19H,4-5,10-14,17H2,1-3H3,(H,32,37);4-6,8-9,16,19-20H,7,10-15,18H2,1-3H3,(H,31,36);5-8,14,17,30H,2-4,9-13,16H2,1H3,(H,31,35). The zero-order valence-corrected chi connectivity index (χ0v) is 71.3. The van der Waals surface area contributed by atoms with Gasteiger partial charge in [0.1, 0.15) is 47.3 Å². The van der Waals surface area contributed by atoms with Crippen LogP contribution in [0.1, 0.15) is 177 Å². The van der Waals surface area contributed by atoms with Crippen LogP contribution in [0, 0.1) is 63.4 Å². The molecule has 0 bridgehead atoms. The topological polar surface area (TPSA) is 468 Å². The van der Waals surface area contributed by atoms with Gasteiger partial charge in [0.2, 0.25) is 35.4 Å². The van der Waals surface area contributed by atoms with Crippen molar-refractivity contribution in [3.63, 3.8) is 0 Å². The smallest absolute Gasteiger partial charge is 0.340 e. The molecule has 0 spiro atoms. The third-order valence-electron chi connectivity index (χ3n) is 21.1. The normalized spacial score (nSPS) is 16.0. The number of hydrogen-bond donors (Lipinski definition) is 4. The van der Waals surface area contributed by atoms with E-state index >= 15 is 0 Å². The lowest BCUT2D eigenvalue weighted by Crippen LogP contribution is -2.47. The average molecular weight is 1760 g/mol. The fourth-order valence-electron chi connectivity index (χ4n) is 14.5. The minimum absolute atomic E-state index is 0.0272. The van der Waals surface area contributed by atoms with E-state index in [-0.39, 0.29) is 121 Å². The molecule has 123 heavy (non-hydrogen) atoms. The highest BCUT2D eigenvalue weighted by Gasteiger charge is 2.38. The number of carbonyl (C=O) groups is 9. The lowest BCUT2D eigenvalue weighted by molar-refractivity contribution is -0.129. The minimum Gasteiger partial charge on any atom is -0.462 e. The first-order valence-electron chi connectivity index (χ1n) is 40.0. The van der Waals surface area contributed by atoms with Gasteiger partial charge in [0, 0.05) is 110 Å². The van der Waals surface area contributed by atoms with Crippen molar-refractivity contribution in [2.45, 2.75) is 144 Å². The summed E-state index contributed by atoms with van der Waals surface area (Å²) in [4.78, 5) is 138. The highest BCUT2D eigenvalue weighted by molar-refractivity contribution is 7.92. The number of likely N-dealkylation sites (tertiary alicyclic amines) is 3. The first-order chi connectivity index (χ1) is 58.5. The Hall–Kier alpha value is -12.7. The second-order valence-electron chi connectivity index (χ2n) is 30.3. The number of ether oxygens (including phenoxy) is 3. The summed E-state index contributed by atoms with van der Waals surface area (Å²) in [6.45, 7) is 12.5. The van der Waals surface area contributed by atoms with Gasteiger partial charge in [0.25, 0.3) is 0 Å². The second-order valence-corrected chi connectivity index (χ2v) is 35.2. The van der Waals surface area contributed by atoms with Crippen molar-refractivity contribution in [3.8, 4) is 18.2 Å². The van der Waals surface area contributed by atoms with Gasteiger partial charge in [-0.3, -0.25) is 42.1 Å². The number of halogens is 2. The molecule has 6 amide bonds. The maximum Gasteiger partial charge on any atom is 0.340 e. The number of amides is 6. The zero-order valence-electron chi connectivity index (χ0n) is 68.9. The molecule has 12 rings (SSSR count). The first-order valence-corrected chi connectivity index (χ1v) is 44.4. The molecule has 36 nitrogen and oxygen atoms in total. The number of aromatic nitrogens is 3. The van der Waals surface area contributed by atoms with Gasteiger partial charge in [-0.2, -0.15) is 41.0 Å². The molecule has 0 radical (unpaired) electrons. The Morgan fingerprint density at radius 1 is 0.472 bits per heavy atom. The number of nitrogens with one attached hydrogen (secondary N) is 4. The van der Waals surface area contributed by atoms with E-state index in [4.69, 9.17) is 14.2 Å². The summed E-state index contributed by atoms with van der Waals surface area (Å²) in [6, 6.07) is 28.5. The summed E-state index contributed by atoms with van der Waals surface area (Å²) in [7, 11) is -9.92. The van der Waals surface area contributed by atoms with Crippen LogP contribution < -0.4 is 42.2 Å². The Balaban J connectivity index is 0.000000193. The number of rotatable bonds is 27. The lowest BCUT2D eigenvalue weighted by Gasteiger charge is -2.33. The Morgan fingerprint density at radius 2 is 0.789 bits per heavy atom. The van der Waals surface area contributed by atoms with Crippen molar-refractivity contribution in [3.05, 3.63) is 159 Å². The van der Waals surface area contributed by atoms with E-state index < -0.39 is 102 Å². The zero-order chi connectivity index (χ0) is 89.2. The number of piperidine rings is 3. The Labute approximate surface area is 712 Å². The summed E-state index contributed by atoms with van der Waals surface area (Å²) in [6.07, 6.45) is 4.43. The van der Waals surface area contributed by atoms with Crippen molar-refractivity contribution in [2.24, 2.45) is 17.8 Å². The molecule has 0 aliphatic carbocycles. The Morgan fingerprint density at radius 3 is 1.10 bits per heavy atom. The quantitative estimate of drug-likeness (QED) is 0.0300. The molecule has 3 aromatic heterocycles. The number of para-hydroxylation sites is 1. The molecule has 6 fully saturated rings. The number of nitriles is 3. The summed E-state index contributed by atoms with van der Waals surface area (Å²) in [5, 5.41) is 29.6. The van der Waals surface area contributed by atoms with Gasteiger partial charge in [-0.1, -0.05) is 18.2 Å². The predicted molar refractivity (Wildman–Crippen MR) is 444 cm³/mol. The maximum atomic E-state index is 13.2. The van der Waals surface area contributed by atoms with Crippen molar-refractivity contribution in [2.75, 3.05) is 108 Å². The Kier molecular flexibility index (Phi) is 31.1. The van der Waals surface area contributed by atoms with Crippen LogP contribution in [0.5, 0.6) is 0 Å². The largest absolute Gasteiger partial charge is 0.462 e. The molecule has 6 aliphatic heterocycles. The molecule has 9 heterocycles. The monoisotopic (exact) mass is 1750 g/mol. The summed E-state index contributed by atoms with van der Waals surface area (Å²) >= 11 is 0. The minimum atomic E-state index is -4.23. The Bertz CT molecular complexity index is 5440. The van der Waals surface area contributed by atoms with Gasteiger partial charge < -0.3 is 43.6 Å². The van der Waals surface area contributed by atoms with E-state index in [2.05, 4.69) is 47.3 Å². The van der Waals surface area contributed by atoms with Crippen LogP contribution in [0.25, 0.3) is 0 Å². The molecule has 0 saturated carbocycles. The number of pyridine rings is 3. The summed E-state index contributed by atoms with van der Waals surface area (Å²) < 4.78 is 128. The molecule has 654 valence electrons. The number of benzene rings is 3. The second kappa shape index (κ2) is 41.3. The van der Waals surface area contributed by atoms with Crippen molar-refractivity contribution < 1.29 is 91.4 Å². The molecule has 3 aromatic carbocycles. The molecule has 6 aromatic rings. The first kappa shape index (κ1) is 92.6. The van der Waals surface area contributed by atoms with Crippen LogP contribution in [-0.2, 0) is 93.2 Å². The maximum absolute atomic E-state index is 13.2. The van der Waals surface area contributed by atoms with Gasteiger partial charge in [-0.15, -0.1) is 0 Å². The predicted octanol–water partition coefficient (Wildman–Crippen LogP) is 6.93. The van der Waals surface area contributed by atoms with Crippen LogP contribution in [0.15, 0.2) is 97.1 Å². The molecule has 6 aliphatic rings. The molecule has 0 unspecified atom stereocenters. The van der Waals surface area contributed by atoms with Crippen LogP contribution >= 0.6 is 0 Å². The van der Waals surface area contributed by atoms with E-state index in [9.17, 15) is 93.0 Å². The molecule has 41 heteroatoms. The van der Waals surface area contributed by atoms with Gasteiger partial charge >= 0.3 is 48.5 Å². The van der Waals surface area contributed by atoms with E-state index in [1.807, 2.05) is 14.5 Å². The molecular weight excluding hydrogens is 1660 g/mol. The van der Waals surface area contributed by atoms with Gasteiger partial charge in [-0.25, -0.2) is 52.3 Å². The van der Waals surface area contributed by atoms with Crippen LogP contribution in [0.2, 0.25) is 0 Å². The van der Waals surface area contributed by atoms with E-state index in [0.717, 1.165) is 39.3 Å². The van der Waals surface area contributed by atoms with Gasteiger partial charge in [-0.05, 0) is 171 Å². The highest BCUT2D eigenvalue weighted by Crippen LogP contribution is 2.34. The van der Waals surface area contributed by atoms with Crippen molar-refractivity contribution >= 4 is 118 Å². The van der Waals surface area contributed by atoms with Crippen LogP contribution in [-0.4, -0.2) is 200 Å². The fraction of sp³-hybridized carbons (Fsp3) is 0.451. The molecular formula is C82H96F2N18O18S3. The molecule has 6 saturated heterocycles. The SMILES string of the molecule is CC(C)OC(=O)c1cc(C#N)c(N2CCC(C(=O)NS(=O)(=O)N(C)c3ccc(F)cc3)CC2)nc1CN1CCCC1=O.CC(C)OC(=O)c1cc(C#N)c(N2CCC(C(=O)NS(=O)(=O)N(C)c3ccccc3)CC2)nc1CN1CCCC1=O.CCOC(=O)c1cc(C#N)c(N2CCC(C(=O)NS(=O)(=O)Nc3ccc(F)cc3)CC2)nc1CN1CCCC1=O. The van der Waals surface area contributed by atoms with E-state index in [1.165, 1.54) is 56.6 Å². The lowest BCUT2D eigenvalue weighted by atomic mass is 9.96. The highest BCUT2D eigenvalue weighted by atomic mass is 32.2. The third-order valence-corrected chi connectivity index (χ3v) is 24.8. The van der Waals surface area contributed by atoms with Crippen LogP contribution in [0.4, 0.5) is 43.3 Å². The van der Waals surface area contributed by atoms with Crippen molar-refractivity contribution in [1.82, 2.24) is 43.8 Å². The molecule has 4 N–H and O–H groups in total. The molecule has 0 atom stereocenters. The average Bonchev–Trinajstić information content (AvgIpc) is 1.65. The van der Waals surface area contributed by atoms with E-state index in [1.54, 1.807) is 84.6 Å². The van der Waals surface area contributed by atoms with Gasteiger partial charge in [0.15, 0.2) is 0 Å². The number of carbonyl (C=O) groups excluding carboxylic acids is 9. The number of anilines is 6. The number of nitrogens with zero attached hydrogens (tertiary/aromatic N) is 14. The van der Waals surface area contributed by atoms with Crippen LogP contribution in [0.3, 0.4) is 0 Å². The van der Waals surface area contributed by atoms with E-state index in [0.29, 0.717) is 144 Å². The fourth-order valence-corrected chi connectivity index (χ4v) is 17.3. The number of hydrogen-bond acceptors (Lipinski definition) is 27. The van der Waals surface area contributed by atoms with Gasteiger partial charge in [0.05, 0.1) is 106 Å².